The SMILES string of the molecule is CCCc1cc2cccc(C)c2c(=O)n1-c1ccccc1C. The van der Waals surface area contributed by atoms with Gasteiger partial charge in [0, 0.05) is 5.69 Å². The molecule has 0 atom stereocenters. The van der Waals surface area contributed by atoms with Gasteiger partial charge in [0.15, 0.2) is 0 Å². The van der Waals surface area contributed by atoms with Gasteiger partial charge >= 0.3 is 0 Å². The molecule has 0 N–H and O–H groups in total. The van der Waals surface area contributed by atoms with E-state index in [1.165, 1.54) is 0 Å². The van der Waals surface area contributed by atoms with E-state index in [4.69, 9.17) is 0 Å². The van der Waals surface area contributed by atoms with E-state index in [2.05, 4.69) is 26.0 Å². The number of rotatable bonds is 3. The zero-order chi connectivity index (χ0) is 15.7. The summed E-state index contributed by atoms with van der Waals surface area (Å²) < 4.78 is 1.90. The van der Waals surface area contributed by atoms with Crippen LogP contribution in [0.25, 0.3) is 16.5 Å². The molecule has 0 unspecified atom stereocenters. The maximum absolute atomic E-state index is 13.2. The number of para-hydroxylation sites is 1. The Morgan fingerprint density at radius 1 is 0.955 bits per heavy atom. The third-order valence-electron chi connectivity index (χ3n) is 4.19. The highest BCUT2D eigenvalue weighted by molar-refractivity contribution is 5.85. The molecule has 1 aromatic heterocycles. The molecule has 112 valence electrons. The van der Waals surface area contributed by atoms with Crippen molar-refractivity contribution in [2.45, 2.75) is 33.6 Å². The molecule has 2 heteroatoms. The Balaban J connectivity index is 2.44. The molecule has 0 aliphatic carbocycles. The van der Waals surface area contributed by atoms with Crippen LogP contribution in [0.5, 0.6) is 0 Å². The van der Waals surface area contributed by atoms with Gasteiger partial charge in [0.2, 0.25) is 0 Å². The fourth-order valence-electron chi connectivity index (χ4n) is 3.11. The Kier molecular flexibility index (Phi) is 3.84. The molecule has 2 nitrogen and oxygen atoms in total. The number of benzene rings is 2. The zero-order valence-corrected chi connectivity index (χ0v) is 13.4. The van der Waals surface area contributed by atoms with Crippen LogP contribution in [-0.4, -0.2) is 4.57 Å². The second-order valence-electron chi connectivity index (χ2n) is 5.85. The van der Waals surface area contributed by atoms with Crippen LogP contribution in [0, 0.1) is 13.8 Å². The first kappa shape index (κ1) is 14.6. The average molecular weight is 291 g/mol. The number of aromatic nitrogens is 1. The van der Waals surface area contributed by atoms with Crippen LogP contribution in [0.2, 0.25) is 0 Å². The molecule has 0 spiro atoms. The number of pyridine rings is 1. The molecular formula is C20H21NO. The van der Waals surface area contributed by atoms with Gasteiger partial charge in [-0.1, -0.05) is 49.7 Å². The normalized spacial score (nSPS) is 11.0. The van der Waals surface area contributed by atoms with Gasteiger partial charge in [0.25, 0.3) is 5.56 Å². The van der Waals surface area contributed by atoms with Gasteiger partial charge in [-0.2, -0.15) is 0 Å². The summed E-state index contributed by atoms with van der Waals surface area (Å²) in [6.07, 6.45) is 1.91. The number of hydrogen-bond donors (Lipinski definition) is 0. The maximum atomic E-state index is 13.2. The lowest BCUT2D eigenvalue weighted by Crippen LogP contribution is -2.23. The first-order valence-corrected chi connectivity index (χ1v) is 7.83. The van der Waals surface area contributed by atoms with Crippen LogP contribution >= 0.6 is 0 Å². The average Bonchev–Trinajstić information content (AvgIpc) is 2.49. The smallest absolute Gasteiger partial charge is 0.263 e. The lowest BCUT2D eigenvalue weighted by molar-refractivity contribution is 0.814. The Morgan fingerprint density at radius 2 is 1.68 bits per heavy atom. The Labute approximate surface area is 131 Å². The van der Waals surface area contributed by atoms with Crippen molar-refractivity contribution in [3.05, 3.63) is 75.7 Å². The van der Waals surface area contributed by atoms with Crippen molar-refractivity contribution in [3.63, 3.8) is 0 Å². The topological polar surface area (TPSA) is 22.0 Å². The molecule has 3 rings (SSSR count). The van der Waals surface area contributed by atoms with Gasteiger partial charge in [-0.15, -0.1) is 0 Å². The number of nitrogens with zero attached hydrogens (tertiary/aromatic N) is 1. The van der Waals surface area contributed by atoms with Crippen molar-refractivity contribution in [2.75, 3.05) is 0 Å². The summed E-state index contributed by atoms with van der Waals surface area (Å²) in [6, 6.07) is 16.3. The molecule has 0 fully saturated rings. The Morgan fingerprint density at radius 3 is 2.41 bits per heavy atom. The molecule has 0 aliphatic rings. The van der Waals surface area contributed by atoms with Gasteiger partial charge in [-0.05, 0) is 48.9 Å². The second-order valence-corrected chi connectivity index (χ2v) is 5.85. The van der Waals surface area contributed by atoms with E-state index in [0.29, 0.717) is 0 Å². The fourth-order valence-corrected chi connectivity index (χ4v) is 3.11. The van der Waals surface area contributed by atoms with Gasteiger partial charge in [0.05, 0.1) is 11.1 Å². The number of aryl methyl sites for hydroxylation is 3. The molecule has 22 heavy (non-hydrogen) atoms. The zero-order valence-electron chi connectivity index (χ0n) is 13.4. The molecule has 0 amide bonds. The summed E-state index contributed by atoms with van der Waals surface area (Å²) in [7, 11) is 0. The first-order chi connectivity index (χ1) is 10.6. The summed E-state index contributed by atoms with van der Waals surface area (Å²) in [5.41, 5.74) is 4.32. The van der Waals surface area contributed by atoms with Crippen molar-refractivity contribution < 1.29 is 0 Å². The molecule has 0 aliphatic heterocycles. The molecule has 2 aromatic carbocycles. The number of hydrogen-bond acceptors (Lipinski definition) is 1. The van der Waals surface area contributed by atoms with Crippen LogP contribution in [0.1, 0.15) is 30.2 Å². The predicted octanol–water partition coefficient (Wildman–Crippen LogP) is 4.56. The van der Waals surface area contributed by atoms with E-state index in [1.54, 1.807) is 0 Å². The quantitative estimate of drug-likeness (QED) is 0.693. The van der Waals surface area contributed by atoms with Crippen LogP contribution in [0.15, 0.2) is 53.3 Å². The summed E-state index contributed by atoms with van der Waals surface area (Å²) in [6.45, 7) is 6.21. The first-order valence-electron chi connectivity index (χ1n) is 7.83. The maximum Gasteiger partial charge on any atom is 0.263 e. The fraction of sp³-hybridized carbons (Fsp3) is 0.250. The van der Waals surface area contributed by atoms with Crippen LogP contribution in [0.4, 0.5) is 0 Å². The minimum Gasteiger partial charge on any atom is -0.280 e. The van der Waals surface area contributed by atoms with E-state index in [-0.39, 0.29) is 5.56 Å². The Bertz CT molecular complexity index is 890. The third-order valence-corrected chi connectivity index (χ3v) is 4.19. The number of fused-ring (bicyclic) bond motifs is 1. The van der Waals surface area contributed by atoms with E-state index in [9.17, 15) is 4.79 Å². The van der Waals surface area contributed by atoms with Crippen LogP contribution in [0.3, 0.4) is 0 Å². The standard InChI is InChI=1S/C20H21NO/c1-4-8-17-13-16-11-7-10-15(3)19(16)20(22)21(17)18-12-6-5-9-14(18)2/h5-7,9-13H,4,8H2,1-3H3. The lowest BCUT2D eigenvalue weighted by Gasteiger charge is -2.17. The summed E-state index contributed by atoms with van der Waals surface area (Å²) >= 11 is 0. The van der Waals surface area contributed by atoms with Gasteiger partial charge < -0.3 is 0 Å². The van der Waals surface area contributed by atoms with E-state index in [0.717, 1.165) is 46.1 Å². The molecule has 0 saturated carbocycles. The third kappa shape index (κ3) is 2.35. The molecule has 3 aromatic rings. The van der Waals surface area contributed by atoms with Crippen molar-refractivity contribution in [2.24, 2.45) is 0 Å². The molecule has 1 heterocycles. The monoisotopic (exact) mass is 291 g/mol. The van der Waals surface area contributed by atoms with Gasteiger partial charge in [-0.25, -0.2) is 0 Å². The summed E-state index contributed by atoms with van der Waals surface area (Å²) in [4.78, 5) is 13.2. The van der Waals surface area contributed by atoms with Crippen molar-refractivity contribution in [1.29, 1.82) is 0 Å². The van der Waals surface area contributed by atoms with Crippen molar-refractivity contribution >= 4 is 10.8 Å². The van der Waals surface area contributed by atoms with E-state index in [1.807, 2.05) is 47.9 Å². The molecule has 0 saturated heterocycles. The highest BCUT2D eigenvalue weighted by atomic mass is 16.1. The van der Waals surface area contributed by atoms with Crippen molar-refractivity contribution in [1.82, 2.24) is 4.57 Å². The summed E-state index contributed by atoms with van der Waals surface area (Å²) in [5.74, 6) is 0. The minimum absolute atomic E-state index is 0.0911. The predicted molar refractivity (Wildman–Crippen MR) is 93.0 cm³/mol. The highest BCUT2D eigenvalue weighted by Gasteiger charge is 2.13. The van der Waals surface area contributed by atoms with Crippen LogP contribution in [-0.2, 0) is 6.42 Å². The lowest BCUT2D eigenvalue weighted by atomic mass is 10.0. The van der Waals surface area contributed by atoms with Crippen molar-refractivity contribution in [3.8, 4) is 5.69 Å². The van der Waals surface area contributed by atoms with Crippen LogP contribution < -0.4 is 5.56 Å². The molecule has 0 bridgehead atoms. The minimum atomic E-state index is 0.0911. The van der Waals surface area contributed by atoms with Gasteiger partial charge in [0.1, 0.15) is 0 Å². The largest absolute Gasteiger partial charge is 0.280 e. The highest BCUT2D eigenvalue weighted by Crippen LogP contribution is 2.21. The molecular weight excluding hydrogens is 270 g/mol. The van der Waals surface area contributed by atoms with E-state index >= 15 is 0 Å². The van der Waals surface area contributed by atoms with Gasteiger partial charge in [-0.3, -0.25) is 9.36 Å². The second kappa shape index (κ2) is 5.80. The molecule has 0 radical (unpaired) electrons. The summed E-state index contributed by atoms with van der Waals surface area (Å²) in [5, 5.41) is 1.86. The Hall–Kier alpha value is -2.35. The van der Waals surface area contributed by atoms with E-state index < -0.39 is 0 Å².